The van der Waals surface area contributed by atoms with Crippen molar-refractivity contribution in [3.8, 4) is 11.5 Å². The summed E-state index contributed by atoms with van der Waals surface area (Å²) in [6, 6.07) is 16.0. The molecule has 9 nitrogen and oxygen atoms in total. The lowest BCUT2D eigenvalue weighted by molar-refractivity contribution is 0.306. The molecule has 188 valence electrons. The third-order valence-corrected chi connectivity index (χ3v) is 6.73. The van der Waals surface area contributed by atoms with E-state index in [1.807, 2.05) is 13.8 Å². The number of nitrogens with zero attached hydrogens (tertiary/aromatic N) is 3. The Labute approximate surface area is 212 Å². The maximum Gasteiger partial charge on any atom is 0.339 e. The van der Waals surface area contributed by atoms with Gasteiger partial charge in [-0.1, -0.05) is 29.8 Å². The van der Waals surface area contributed by atoms with E-state index in [9.17, 15) is 12.8 Å². The molecule has 0 saturated carbocycles. The Morgan fingerprint density at radius 3 is 2.42 bits per heavy atom. The summed E-state index contributed by atoms with van der Waals surface area (Å²) >= 11 is 6.44. The van der Waals surface area contributed by atoms with Crippen molar-refractivity contribution in [3.05, 3.63) is 83.1 Å². The molecule has 0 amide bonds. The topological polar surface area (TPSA) is 133 Å². The molecule has 0 saturated heterocycles. The van der Waals surface area contributed by atoms with Crippen molar-refractivity contribution >= 4 is 39.3 Å². The lowest BCUT2D eigenvalue weighted by Gasteiger charge is -2.38. The van der Waals surface area contributed by atoms with E-state index in [-0.39, 0.29) is 29.2 Å². The maximum atomic E-state index is 13.3. The molecule has 36 heavy (non-hydrogen) atoms. The van der Waals surface area contributed by atoms with Crippen LogP contribution >= 0.6 is 11.6 Å². The second kappa shape index (κ2) is 9.67. The van der Waals surface area contributed by atoms with Gasteiger partial charge in [-0.15, -0.1) is 0 Å². The van der Waals surface area contributed by atoms with Crippen LogP contribution in [0.15, 0.2) is 81.6 Å². The second-order valence-electron chi connectivity index (χ2n) is 8.31. The molecule has 0 spiro atoms. The first-order chi connectivity index (χ1) is 16.9. The summed E-state index contributed by atoms with van der Waals surface area (Å²) in [5.41, 5.74) is 12.4. The maximum absolute atomic E-state index is 13.3. The van der Waals surface area contributed by atoms with E-state index in [1.54, 1.807) is 35.2 Å². The predicted octanol–water partition coefficient (Wildman–Crippen LogP) is 4.01. The van der Waals surface area contributed by atoms with E-state index in [2.05, 4.69) is 9.98 Å². The van der Waals surface area contributed by atoms with Crippen LogP contribution in [0.2, 0.25) is 5.02 Å². The number of nitrogens with two attached hydrogens (primary N) is 2. The molecular formula is C24H23ClFN5O4S. The summed E-state index contributed by atoms with van der Waals surface area (Å²) in [7, 11) is -4.12. The number of halogens is 2. The highest BCUT2D eigenvalue weighted by Gasteiger charge is 2.33. The van der Waals surface area contributed by atoms with Crippen LogP contribution in [0.25, 0.3) is 0 Å². The van der Waals surface area contributed by atoms with Gasteiger partial charge in [-0.2, -0.15) is 13.4 Å². The van der Waals surface area contributed by atoms with E-state index in [0.29, 0.717) is 22.0 Å². The molecule has 0 atom stereocenters. The van der Waals surface area contributed by atoms with Crippen molar-refractivity contribution in [3.63, 3.8) is 0 Å². The summed E-state index contributed by atoms with van der Waals surface area (Å²) in [5, 5.41) is 0.335. The Kier molecular flexibility index (Phi) is 6.79. The fourth-order valence-electron chi connectivity index (χ4n) is 3.60. The number of ether oxygens (including phenoxy) is 1. The van der Waals surface area contributed by atoms with Crippen LogP contribution in [0, 0.1) is 5.82 Å². The van der Waals surface area contributed by atoms with Crippen molar-refractivity contribution < 1.29 is 21.7 Å². The zero-order chi connectivity index (χ0) is 26.1. The number of aliphatic imine (C=N–C) groups is 2. The van der Waals surface area contributed by atoms with Crippen LogP contribution in [0.4, 0.5) is 10.1 Å². The molecule has 1 aliphatic rings. The molecule has 1 aliphatic heterocycles. The number of rotatable bonds is 7. The van der Waals surface area contributed by atoms with Crippen LogP contribution in [0.5, 0.6) is 11.5 Å². The summed E-state index contributed by atoms with van der Waals surface area (Å²) in [4.78, 5) is 9.95. The Morgan fingerprint density at radius 2 is 1.78 bits per heavy atom. The number of anilines is 1. The molecule has 0 bridgehead atoms. The highest BCUT2D eigenvalue weighted by Crippen LogP contribution is 2.34. The summed E-state index contributed by atoms with van der Waals surface area (Å²) in [5.74, 6) is -0.0132. The molecule has 1 heterocycles. The van der Waals surface area contributed by atoms with Gasteiger partial charge in [0, 0.05) is 11.8 Å². The van der Waals surface area contributed by atoms with Crippen LogP contribution in [-0.4, -0.2) is 26.0 Å². The van der Waals surface area contributed by atoms with Crippen LogP contribution < -0.4 is 25.3 Å². The van der Waals surface area contributed by atoms with Gasteiger partial charge in [0.1, 0.15) is 34.5 Å². The Hall–Kier alpha value is -3.83. The van der Waals surface area contributed by atoms with Crippen LogP contribution in [0.1, 0.15) is 19.4 Å². The van der Waals surface area contributed by atoms with Gasteiger partial charge in [0.25, 0.3) is 0 Å². The molecule has 12 heteroatoms. The van der Waals surface area contributed by atoms with Crippen molar-refractivity contribution in [1.29, 1.82) is 0 Å². The van der Waals surface area contributed by atoms with Gasteiger partial charge in [0.2, 0.25) is 11.9 Å². The van der Waals surface area contributed by atoms with Gasteiger partial charge < -0.3 is 20.4 Å². The third-order valence-electron chi connectivity index (χ3n) is 5.18. The Balaban J connectivity index is 1.43. The van der Waals surface area contributed by atoms with E-state index in [0.717, 1.165) is 6.07 Å². The SMILES string of the molecule is CC1(C)N=C(N)N=C(N)N1c1ccc(OCc2ccc(S(=O)(=O)Oc3cccc(F)c3)cc2)c(Cl)c1. The minimum atomic E-state index is -4.12. The van der Waals surface area contributed by atoms with Gasteiger partial charge in [0.05, 0.1) is 5.02 Å². The fourth-order valence-corrected chi connectivity index (χ4v) is 4.76. The second-order valence-corrected chi connectivity index (χ2v) is 10.3. The van der Waals surface area contributed by atoms with Crippen LogP contribution in [0.3, 0.4) is 0 Å². The number of guanidine groups is 2. The summed E-state index contributed by atoms with van der Waals surface area (Å²) < 4.78 is 49.1. The van der Waals surface area contributed by atoms with Gasteiger partial charge >= 0.3 is 10.1 Å². The third kappa shape index (κ3) is 5.52. The van der Waals surface area contributed by atoms with Gasteiger partial charge in [-0.3, -0.25) is 4.90 Å². The summed E-state index contributed by atoms with van der Waals surface area (Å²) in [6.45, 7) is 3.81. The van der Waals surface area contributed by atoms with E-state index < -0.39 is 21.6 Å². The van der Waals surface area contributed by atoms with Gasteiger partial charge in [-0.05, 0) is 61.9 Å². The monoisotopic (exact) mass is 531 g/mol. The number of benzene rings is 3. The normalized spacial score (nSPS) is 15.2. The lowest BCUT2D eigenvalue weighted by atomic mass is 10.1. The molecule has 4 N–H and O–H groups in total. The average molecular weight is 532 g/mol. The zero-order valence-electron chi connectivity index (χ0n) is 19.4. The van der Waals surface area contributed by atoms with Crippen molar-refractivity contribution in [2.45, 2.75) is 31.0 Å². The van der Waals surface area contributed by atoms with Gasteiger partial charge in [0.15, 0.2) is 0 Å². The van der Waals surface area contributed by atoms with Gasteiger partial charge in [-0.25, -0.2) is 9.38 Å². The number of hydrogen-bond acceptors (Lipinski definition) is 9. The quantitative estimate of drug-likeness (QED) is 0.440. The Bertz CT molecular complexity index is 1460. The largest absolute Gasteiger partial charge is 0.487 e. The Morgan fingerprint density at radius 1 is 1.06 bits per heavy atom. The highest BCUT2D eigenvalue weighted by atomic mass is 35.5. The minimum absolute atomic E-state index is 0.0791. The first kappa shape index (κ1) is 25.3. The predicted molar refractivity (Wildman–Crippen MR) is 136 cm³/mol. The molecule has 0 unspecified atom stereocenters. The molecule has 3 aromatic rings. The van der Waals surface area contributed by atoms with E-state index in [1.165, 1.54) is 30.3 Å². The molecule has 4 rings (SSSR count). The lowest BCUT2D eigenvalue weighted by Crippen LogP contribution is -2.54. The minimum Gasteiger partial charge on any atom is -0.487 e. The van der Waals surface area contributed by atoms with Crippen molar-refractivity contribution in [1.82, 2.24) is 0 Å². The molecule has 0 fully saturated rings. The summed E-state index contributed by atoms with van der Waals surface area (Å²) in [6.07, 6.45) is 0. The molecule has 0 aromatic heterocycles. The first-order valence-electron chi connectivity index (χ1n) is 10.7. The first-order valence-corrected chi connectivity index (χ1v) is 12.4. The van der Waals surface area contributed by atoms with E-state index in [4.69, 9.17) is 32.0 Å². The average Bonchev–Trinajstić information content (AvgIpc) is 2.77. The standard InChI is InChI=1S/C24H23ClFN5O4S/c1-24(2)30-22(27)29-23(28)31(24)17-8-11-21(20(25)13-17)34-14-15-6-9-19(10-7-15)36(32,33)35-18-5-3-4-16(26)12-18/h3-13H,14H2,1-2H3,(H4,27,28,29,30). The van der Waals surface area contributed by atoms with Crippen LogP contribution in [-0.2, 0) is 16.7 Å². The fraction of sp³-hybridized carbons (Fsp3) is 0.167. The highest BCUT2D eigenvalue weighted by molar-refractivity contribution is 7.87. The smallest absolute Gasteiger partial charge is 0.339 e. The molecule has 3 aromatic carbocycles. The zero-order valence-corrected chi connectivity index (χ0v) is 20.9. The molecule has 0 radical (unpaired) electrons. The molecular weight excluding hydrogens is 509 g/mol. The van der Waals surface area contributed by atoms with Crippen molar-refractivity contribution in [2.75, 3.05) is 4.90 Å². The van der Waals surface area contributed by atoms with Crippen molar-refractivity contribution in [2.24, 2.45) is 21.5 Å². The number of hydrogen-bond donors (Lipinski definition) is 2. The van der Waals surface area contributed by atoms with E-state index >= 15 is 0 Å². The molecule has 0 aliphatic carbocycles.